The number of halogens is 2. The van der Waals surface area contributed by atoms with Crippen LogP contribution in [-0.2, 0) is 5.41 Å². The van der Waals surface area contributed by atoms with Gasteiger partial charge in [-0.1, -0.05) is 79.3 Å². The van der Waals surface area contributed by atoms with Crippen LogP contribution >= 0.6 is 0 Å². The first kappa shape index (κ1) is 23.4. The van der Waals surface area contributed by atoms with Crippen LogP contribution in [0.15, 0.2) is 61.2 Å². The summed E-state index contributed by atoms with van der Waals surface area (Å²) >= 11 is 0. The van der Waals surface area contributed by atoms with Crippen LogP contribution in [0.1, 0.15) is 86.5 Å². The van der Waals surface area contributed by atoms with Crippen LogP contribution < -0.4 is 0 Å². The van der Waals surface area contributed by atoms with E-state index >= 15 is 0 Å². The Balaban J connectivity index is 1.88. The molecule has 0 nitrogen and oxygen atoms in total. The molecule has 1 aliphatic rings. The third-order valence-corrected chi connectivity index (χ3v) is 6.79. The summed E-state index contributed by atoms with van der Waals surface area (Å²) in [6.45, 7) is 8.22. The fourth-order valence-electron chi connectivity index (χ4n) is 5.24. The molecule has 2 aromatic rings. The third kappa shape index (κ3) is 5.53. The maximum absolute atomic E-state index is 12.3. The summed E-state index contributed by atoms with van der Waals surface area (Å²) in [6.07, 6.45) is 11.8. The van der Waals surface area contributed by atoms with Crippen molar-refractivity contribution < 1.29 is 8.78 Å². The van der Waals surface area contributed by atoms with Crippen LogP contribution in [-0.4, -0.2) is 0 Å². The molecular weight excluding hydrogens is 386 g/mol. The van der Waals surface area contributed by atoms with Gasteiger partial charge in [-0.15, -0.1) is 6.58 Å². The molecule has 31 heavy (non-hydrogen) atoms. The smallest absolute Gasteiger partial charge is 0.174 e. The predicted molar refractivity (Wildman–Crippen MR) is 129 cm³/mol. The fraction of sp³-hybridized carbons (Fsp3) is 0.448. The largest absolute Gasteiger partial charge is 0.266 e. The van der Waals surface area contributed by atoms with Crippen molar-refractivity contribution in [3.05, 3.63) is 83.5 Å². The summed E-state index contributed by atoms with van der Waals surface area (Å²) in [5.41, 5.74) is 8.38. The second kappa shape index (κ2) is 10.9. The maximum Gasteiger partial charge on any atom is 0.266 e. The van der Waals surface area contributed by atoms with E-state index in [2.05, 4.69) is 56.8 Å². The molecule has 0 aliphatic heterocycles. The van der Waals surface area contributed by atoms with E-state index in [1.807, 2.05) is 6.08 Å². The topological polar surface area (TPSA) is 0 Å². The van der Waals surface area contributed by atoms with Crippen LogP contribution in [0.4, 0.5) is 8.78 Å². The van der Waals surface area contributed by atoms with Gasteiger partial charge < -0.3 is 0 Å². The molecule has 0 spiro atoms. The molecule has 1 aliphatic carbocycles. The number of benzene rings is 2. The molecule has 0 unspecified atom stereocenters. The van der Waals surface area contributed by atoms with Crippen LogP contribution in [0.3, 0.4) is 0 Å². The molecule has 166 valence electrons. The zero-order chi connectivity index (χ0) is 22.3. The van der Waals surface area contributed by atoms with Crippen molar-refractivity contribution in [3.8, 4) is 11.1 Å². The zero-order valence-corrected chi connectivity index (χ0v) is 19.2. The van der Waals surface area contributed by atoms with Crippen molar-refractivity contribution in [1.29, 1.82) is 0 Å². The molecule has 0 saturated carbocycles. The SMILES string of the molecule is C=CCCCCCC1(CCCCCC=C(F)F)c2cc(C)ccc2-c2ccc(C)cc21. The van der Waals surface area contributed by atoms with E-state index in [-0.39, 0.29) is 5.41 Å². The minimum Gasteiger partial charge on any atom is -0.174 e. The second-order valence-electron chi connectivity index (χ2n) is 9.16. The highest BCUT2D eigenvalue weighted by atomic mass is 19.3. The number of hydrogen-bond acceptors (Lipinski definition) is 0. The predicted octanol–water partition coefficient (Wildman–Crippen LogP) is 9.44. The summed E-state index contributed by atoms with van der Waals surface area (Å²) in [6, 6.07) is 13.8. The minimum atomic E-state index is -1.56. The lowest BCUT2D eigenvalue weighted by Gasteiger charge is -2.33. The average molecular weight is 423 g/mol. The summed E-state index contributed by atoms with van der Waals surface area (Å²) in [5, 5.41) is 0. The first-order valence-electron chi connectivity index (χ1n) is 11.8. The van der Waals surface area contributed by atoms with Crippen molar-refractivity contribution >= 4 is 0 Å². The van der Waals surface area contributed by atoms with E-state index in [1.165, 1.54) is 52.6 Å². The summed E-state index contributed by atoms with van der Waals surface area (Å²) in [4.78, 5) is 0. The van der Waals surface area contributed by atoms with Crippen LogP contribution in [0.2, 0.25) is 0 Å². The highest BCUT2D eigenvalue weighted by Gasteiger charge is 2.42. The van der Waals surface area contributed by atoms with Crippen molar-refractivity contribution in [2.45, 2.75) is 83.5 Å². The molecule has 0 heterocycles. The van der Waals surface area contributed by atoms with Crippen molar-refractivity contribution in [2.75, 3.05) is 0 Å². The van der Waals surface area contributed by atoms with Gasteiger partial charge in [-0.3, -0.25) is 0 Å². The quantitative estimate of drug-likeness (QED) is 0.236. The Kier molecular flexibility index (Phi) is 8.23. The van der Waals surface area contributed by atoms with Crippen LogP contribution in [0.25, 0.3) is 11.1 Å². The first-order valence-corrected chi connectivity index (χ1v) is 11.8. The molecule has 0 aromatic heterocycles. The van der Waals surface area contributed by atoms with Gasteiger partial charge in [0.1, 0.15) is 0 Å². The molecule has 0 N–H and O–H groups in total. The number of hydrogen-bond donors (Lipinski definition) is 0. The molecule has 3 rings (SSSR count). The molecule has 2 heteroatoms. The van der Waals surface area contributed by atoms with Gasteiger partial charge in [-0.2, -0.15) is 8.78 Å². The molecule has 0 radical (unpaired) electrons. The van der Waals surface area contributed by atoms with Gasteiger partial charge in [0.25, 0.3) is 6.08 Å². The maximum atomic E-state index is 12.3. The Bertz CT molecular complexity index is 867. The first-order chi connectivity index (χ1) is 15.0. The van der Waals surface area contributed by atoms with Gasteiger partial charge in [0.2, 0.25) is 0 Å². The number of unbranched alkanes of at least 4 members (excludes halogenated alkanes) is 6. The highest BCUT2D eigenvalue weighted by Crippen LogP contribution is 2.54. The molecular formula is C29H36F2. The van der Waals surface area contributed by atoms with E-state index < -0.39 is 6.08 Å². The molecule has 0 amide bonds. The van der Waals surface area contributed by atoms with Gasteiger partial charge >= 0.3 is 0 Å². The van der Waals surface area contributed by atoms with Crippen molar-refractivity contribution in [1.82, 2.24) is 0 Å². The normalized spacial score (nSPS) is 13.5. The second-order valence-corrected chi connectivity index (χ2v) is 9.16. The van der Waals surface area contributed by atoms with Gasteiger partial charge in [-0.25, -0.2) is 0 Å². The number of rotatable bonds is 12. The van der Waals surface area contributed by atoms with Gasteiger partial charge in [0, 0.05) is 5.41 Å². The summed E-state index contributed by atoms with van der Waals surface area (Å²) in [5.74, 6) is 0. The van der Waals surface area contributed by atoms with E-state index in [0.29, 0.717) is 6.42 Å². The Morgan fingerprint density at radius 3 is 1.77 bits per heavy atom. The highest BCUT2D eigenvalue weighted by molar-refractivity contribution is 5.81. The molecule has 0 saturated heterocycles. The number of aryl methyl sites for hydroxylation is 2. The lowest BCUT2D eigenvalue weighted by Crippen LogP contribution is -2.25. The van der Waals surface area contributed by atoms with E-state index in [1.54, 1.807) is 0 Å². The molecule has 0 fully saturated rings. The Morgan fingerprint density at radius 1 is 0.774 bits per heavy atom. The Morgan fingerprint density at radius 2 is 1.29 bits per heavy atom. The average Bonchev–Trinajstić information content (AvgIpc) is 2.99. The Hall–Kier alpha value is -2.22. The van der Waals surface area contributed by atoms with Gasteiger partial charge in [-0.05, 0) is 80.7 Å². The van der Waals surface area contributed by atoms with Crippen LogP contribution in [0, 0.1) is 13.8 Å². The lowest BCUT2D eigenvalue weighted by molar-refractivity contribution is 0.399. The molecule has 0 bridgehead atoms. The minimum absolute atomic E-state index is 0.0397. The van der Waals surface area contributed by atoms with E-state index in [4.69, 9.17) is 0 Å². The van der Waals surface area contributed by atoms with Crippen LogP contribution in [0.5, 0.6) is 0 Å². The number of allylic oxidation sites excluding steroid dienone is 2. The standard InChI is InChI=1S/C29H36F2/c1-4-5-6-8-11-18-29(19-12-9-7-10-13-28(30)31)26-20-22(2)14-16-24(26)25-17-15-23(3)21-27(25)29/h4,13-17,20-21H,1,5-12,18-19H2,2-3H3. The molecule has 2 aromatic carbocycles. The number of fused-ring (bicyclic) bond motifs is 3. The summed E-state index contributed by atoms with van der Waals surface area (Å²) in [7, 11) is 0. The van der Waals surface area contributed by atoms with Gasteiger partial charge in [0.15, 0.2) is 0 Å². The third-order valence-electron chi connectivity index (χ3n) is 6.79. The zero-order valence-electron chi connectivity index (χ0n) is 19.2. The van der Waals surface area contributed by atoms with E-state index in [0.717, 1.165) is 44.6 Å². The monoisotopic (exact) mass is 422 g/mol. The van der Waals surface area contributed by atoms with Crippen molar-refractivity contribution in [3.63, 3.8) is 0 Å². The summed E-state index contributed by atoms with van der Waals surface area (Å²) < 4.78 is 24.7. The van der Waals surface area contributed by atoms with E-state index in [9.17, 15) is 8.78 Å². The Labute approximate surface area is 187 Å². The lowest BCUT2D eigenvalue weighted by atomic mass is 9.70. The van der Waals surface area contributed by atoms with Crippen molar-refractivity contribution in [2.24, 2.45) is 0 Å². The molecule has 0 atom stereocenters. The fourth-order valence-corrected chi connectivity index (χ4v) is 5.24. The van der Waals surface area contributed by atoms with Gasteiger partial charge in [0.05, 0.1) is 0 Å².